The van der Waals surface area contributed by atoms with Gasteiger partial charge in [0.1, 0.15) is 10.8 Å². The molecule has 1 aromatic carbocycles. The highest BCUT2D eigenvalue weighted by Gasteiger charge is 2.10. The molecule has 2 aromatic rings. The molecule has 2 rings (SSSR count). The van der Waals surface area contributed by atoms with Gasteiger partial charge in [-0.25, -0.2) is 9.37 Å². The number of halogens is 2. The van der Waals surface area contributed by atoms with Gasteiger partial charge in [0.2, 0.25) is 0 Å². The van der Waals surface area contributed by atoms with Crippen LogP contribution in [0.3, 0.4) is 0 Å². The molecular formula is C11H7BrFNOS. The molecule has 2 nitrogen and oxygen atoms in total. The molecule has 0 unspecified atom stereocenters. The van der Waals surface area contributed by atoms with Crippen molar-refractivity contribution in [3.05, 3.63) is 50.6 Å². The lowest BCUT2D eigenvalue weighted by atomic mass is 10.1. The van der Waals surface area contributed by atoms with E-state index in [4.69, 9.17) is 0 Å². The van der Waals surface area contributed by atoms with Crippen LogP contribution in [-0.2, 0) is 6.42 Å². The van der Waals surface area contributed by atoms with E-state index >= 15 is 0 Å². The molecular weight excluding hydrogens is 293 g/mol. The summed E-state index contributed by atoms with van der Waals surface area (Å²) in [5.41, 5.74) is 0.371. The lowest BCUT2D eigenvalue weighted by Gasteiger charge is -2.00. The first kappa shape index (κ1) is 11.4. The number of ketones is 1. The van der Waals surface area contributed by atoms with Crippen LogP contribution in [-0.4, -0.2) is 10.8 Å². The van der Waals surface area contributed by atoms with Crippen LogP contribution in [0.1, 0.15) is 15.4 Å². The molecule has 82 valence electrons. The first-order valence-electron chi connectivity index (χ1n) is 4.53. The molecule has 0 aliphatic carbocycles. The van der Waals surface area contributed by atoms with Gasteiger partial charge in [0.15, 0.2) is 5.78 Å². The summed E-state index contributed by atoms with van der Waals surface area (Å²) in [5, 5.41) is 2.55. The summed E-state index contributed by atoms with van der Waals surface area (Å²) in [6, 6.07) is 4.37. The molecule has 0 saturated carbocycles. The number of aromatic nitrogens is 1. The third-order valence-electron chi connectivity index (χ3n) is 2.04. The number of carbonyl (C=O) groups excluding carboxylic acids is 1. The number of carbonyl (C=O) groups is 1. The molecule has 0 bridgehead atoms. The Balaban J connectivity index is 2.18. The second-order valence-corrected chi connectivity index (χ2v) is 4.99. The molecule has 0 aliphatic heterocycles. The monoisotopic (exact) mass is 299 g/mol. The first-order valence-corrected chi connectivity index (χ1v) is 6.20. The molecule has 5 heteroatoms. The maximum Gasteiger partial charge on any atom is 0.169 e. The van der Waals surface area contributed by atoms with E-state index in [0.717, 1.165) is 5.01 Å². The van der Waals surface area contributed by atoms with Crippen LogP contribution in [0.5, 0.6) is 0 Å². The van der Waals surface area contributed by atoms with E-state index in [-0.39, 0.29) is 12.2 Å². The van der Waals surface area contributed by atoms with E-state index in [1.165, 1.54) is 23.5 Å². The highest BCUT2D eigenvalue weighted by Crippen LogP contribution is 2.18. The van der Waals surface area contributed by atoms with Gasteiger partial charge in [-0.3, -0.25) is 4.79 Å². The minimum atomic E-state index is -0.426. The van der Waals surface area contributed by atoms with E-state index in [0.29, 0.717) is 10.0 Å². The lowest BCUT2D eigenvalue weighted by Crippen LogP contribution is -2.03. The van der Waals surface area contributed by atoms with Crippen molar-refractivity contribution in [1.82, 2.24) is 4.98 Å². The third-order valence-corrected chi connectivity index (χ3v) is 3.46. The van der Waals surface area contributed by atoms with Crippen LogP contribution in [0, 0.1) is 5.82 Å². The van der Waals surface area contributed by atoms with E-state index < -0.39 is 5.82 Å². The minimum absolute atomic E-state index is 0.124. The average molecular weight is 300 g/mol. The van der Waals surface area contributed by atoms with Gasteiger partial charge in [0, 0.05) is 17.1 Å². The van der Waals surface area contributed by atoms with Crippen molar-refractivity contribution in [2.45, 2.75) is 6.42 Å². The number of hydrogen-bond acceptors (Lipinski definition) is 3. The summed E-state index contributed by atoms with van der Waals surface area (Å²) in [5.74, 6) is -0.550. The lowest BCUT2D eigenvalue weighted by molar-refractivity contribution is 0.0992. The Bertz CT molecular complexity index is 513. The zero-order valence-corrected chi connectivity index (χ0v) is 10.5. The summed E-state index contributed by atoms with van der Waals surface area (Å²) in [6.07, 6.45) is 1.87. The largest absolute Gasteiger partial charge is 0.294 e. The average Bonchev–Trinajstić information content (AvgIpc) is 2.74. The first-order chi connectivity index (χ1) is 7.66. The second kappa shape index (κ2) is 4.84. The van der Waals surface area contributed by atoms with Gasteiger partial charge < -0.3 is 0 Å². The minimum Gasteiger partial charge on any atom is -0.294 e. The molecule has 1 aromatic heterocycles. The Morgan fingerprint density at radius 3 is 2.94 bits per heavy atom. The van der Waals surface area contributed by atoms with Crippen molar-refractivity contribution in [2.24, 2.45) is 0 Å². The van der Waals surface area contributed by atoms with Crippen LogP contribution >= 0.6 is 27.3 Å². The predicted molar refractivity (Wildman–Crippen MR) is 64.2 cm³/mol. The molecule has 0 atom stereocenters. The molecule has 0 spiro atoms. The highest BCUT2D eigenvalue weighted by atomic mass is 79.9. The summed E-state index contributed by atoms with van der Waals surface area (Å²) in [4.78, 5) is 15.8. The van der Waals surface area contributed by atoms with Crippen molar-refractivity contribution in [1.29, 1.82) is 0 Å². The number of nitrogens with zero attached hydrogens (tertiary/aromatic N) is 1. The summed E-state index contributed by atoms with van der Waals surface area (Å²) >= 11 is 4.46. The number of hydrogen-bond donors (Lipinski definition) is 0. The fraction of sp³-hybridized carbons (Fsp3) is 0.0909. The topological polar surface area (TPSA) is 30.0 Å². The molecule has 0 N–H and O–H groups in total. The van der Waals surface area contributed by atoms with Crippen LogP contribution in [0.15, 0.2) is 34.2 Å². The highest BCUT2D eigenvalue weighted by molar-refractivity contribution is 9.10. The van der Waals surface area contributed by atoms with Crippen molar-refractivity contribution < 1.29 is 9.18 Å². The van der Waals surface area contributed by atoms with Crippen molar-refractivity contribution in [3.63, 3.8) is 0 Å². The maximum atomic E-state index is 13.2. The standard InChI is InChI=1S/C11H7BrFNOS/c12-8-2-1-7(5-9(8)13)10(15)6-11-14-3-4-16-11/h1-5H,6H2. The van der Waals surface area contributed by atoms with Gasteiger partial charge in [0.05, 0.1) is 10.9 Å². The van der Waals surface area contributed by atoms with Gasteiger partial charge in [0.25, 0.3) is 0 Å². The predicted octanol–water partition coefficient (Wildman–Crippen LogP) is 3.47. The SMILES string of the molecule is O=C(Cc1nccs1)c1ccc(Br)c(F)c1. The molecule has 0 fully saturated rings. The van der Waals surface area contributed by atoms with Crippen molar-refractivity contribution in [3.8, 4) is 0 Å². The van der Waals surface area contributed by atoms with Gasteiger partial charge in [-0.05, 0) is 28.1 Å². The summed E-state index contributed by atoms with van der Waals surface area (Å²) < 4.78 is 13.6. The Hall–Kier alpha value is -1.07. The van der Waals surface area contributed by atoms with E-state index in [1.54, 1.807) is 12.3 Å². The van der Waals surface area contributed by atoms with E-state index in [2.05, 4.69) is 20.9 Å². The Morgan fingerprint density at radius 2 is 2.31 bits per heavy atom. The van der Waals surface area contributed by atoms with Crippen LogP contribution in [0.4, 0.5) is 4.39 Å². The zero-order chi connectivity index (χ0) is 11.5. The van der Waals surface area contributed by atoms with E-state index in [9.17, 15) is 9.18 Å². The van der Waals surface area contributed by atoms with Crippen LogP contribution < -0.4 is 0 Å². The van der Waals surface area contributed by atoms with Gasteiger partial charge in [-0.2, -0.15) is 0 Å². The van der Waals surface area contributed by atoms with Crippen LogP contribution in [0.25, 0.3) is 0 Å². The quantitative estimate of drug-likeness (QED) is 0.812. The normalized spacial score (nSPS) is 10.4. The van der Waals surface area contributed by atoms with Gasteiger partial charge in [-0.1, -0.05) is 6.07 Å². The number of thiazole rings is 1. The van der Waals surface area contributed by atoms with Gasteiger partial charge in [-0.15, -0.1) is 11.3 Å². The number of rotatable bonds is 3. The Morgan fingerprint density at radius 1 is 1.50 bits per heavy atom. The molecule has 0 saturated heterocycles. The molecule has 0 amide bonds. The summed E-state index contributed by atoms with van der Waals surface area (Å²) in [7, 11) is 0. The van der Waals surface area contributed by atoms with Crippen molar-refractivity contribution >= 4 is 33.0 Å². The maximum absolute atomic E-state index is 13.2. The zero-order valence-electron chi connectivity index (χ0n) is 8.11. The van der Waals surface area contributed by atoms with Crippen molar-refractivity contribution in [2.75, 3.05) is 0 Å². The molecule has 1 heterocycles. The van der Waals surface area contributed by atoms with Crippen LogP contribution in [0.2, 0.25) is 0 Å². The fourth-order valence-corrected chi connectivity index (χ4v) is 2.11. The second-order valence-electron chi connectivity index (χ2n) is 3.15. The fourth-order valence-electron chi connectivity index (χ4n) is 1.25. The Kier molecular flexibility index (Phi) is 3.46. The Labute approximate surface area is 104 Å². The molecule has 0 radical (unpaired) electrons. The van der Waals surface area contributed by atoms with Gasteiger partial charge >= 0.3 is 0 Å². The molecule has 0 aliphatic rings. The molecule has 16 heavy (non-hydrogen) atoms. The summed E-state index contributed by atoms with van der Waals surface area (Å²) in [6.45, 7) is 0. The van der Waals surface area contributed by atoms with E-state index in [1.807, 2.05) is 5.38 Å². The number of benzene rings is 1. The third kappa shape index (κ3) is 2.54. The number of Topliss-reactive ketones (excluding diaryl/α,β-unsaturated/α-hetero) is 1. The smallest absolute Gasteiger partial charge is 0.169 e.